The van der Waals surface area contributed by atoms with E-state index >= 15 is 0 Å². The molecule has 0 saturated heterocycles. The van der Waals surface area contributed by atoms with Crippen LogP contribution < -0.4 is 0 Å². The summed E-state index contributed by atoms with van der Waals surface area (Å²) in [6, 6.07) is 2.95. The maximum atomic E-state index is 10.2. The van der Waals surface area contributed by atoms with E-state index < -0.39 is 16.8 Å². The van der Waals surface area contributed by atoms with Crippen LogP contribution in [0.2, 0.25) is 0 Å². The Morgan fingerprint density at radius 3 is 1.26 bits per heavy atom. The molecule has 19 heavy (non-hydrogen) atoms. The Bertz CT molecular complexity index is 471. The smallest absolute Gasteiger partial charge is 0.122 e. The summed E-state index contributed by atoms with van der Waals surface area (Å²) >= 11 is 0. The molecule has 1 aromatic carbocycles. The number of aromatic hydroxyl groups is 1. The van der Waals surface area contributed by atoms with E-state index in [9.17, 15) is 20.4 Å². The Morgan fingerprint density at radius 1 is 0.632 bits per heavy atom. The third-order valence-electron chi connectivity index (χ3n) is 3.11. The zero-order valence-electron chi connectivity index (χ0n) is 12.4. The molecule has 0 spiro atoms. The summed E-state index contributed by atoms with van der Waals surface area (Å²) in [5, 5.41) is 40.5. The van der Waals surface area contributed by atoms with Crippen molar-refractivity contribution in [2.75, 3.05) is 0 Å². The fraction of sp³-hybridized carbons (Fsp3) is 0.600. The Labute approximate surface area is 114 Å². The quantitative estimate of drug-likeness (QED) is 0.676. The third-order valence-corrected chi connectivity index (χ3v) is 3.11. The van der Waals surface area contributed by atoms with Gasteiger partial charge in [-0.1, -0.05) is 0 Å². The summed E-state index contributed by atoms with van der Waals surface area (Å²) in [6.45, 7) is 9.48. The molecule has 0 unspecified atom stereocenters. The summed E-state index contributed by atoms with van der Waals surface area (Å²) in [7, 11) is 0. The third kappa shape index (κ3) is 3.47. The van der Waals surface area contributed by atoms with Gasteiger partial charge in [0.1, 0.15) is 5.75 Å². The van der Waals surface area contributed by atoms with E-state index in [2.05, 4.69) is 0 Å². The number of aliphatic hydroxyl groups is 3. The lowest BCUT2D eigenvalue weighted by atomic mass is 9.82. The number of phenols is 1. The van der Waals surface area contributed by atoms with Gasteiger partial charge in [-0.3, -0.25) is 0 Å². The van der Waals surface area contributed by atoms with E-state index in [4.69, 9.17) is 0 Å². The van der Waals surface area contributed by atoms with Crippen LogP contribution in [-0.4, -0.2) is 20.4 Å². The van der Waals surface area contributed by atoms with Gasteiger partial charge in [-0.05, 0) is 64.8 Å². The van der Waals surface area contributed by atoms with Crippen molar-refractivity contribution < 1.29 is 20.4 Å². The fourth-order valence-electron chi connectivity index (χ4n) is 2.09. The van der Waals surface area contributed by atoms with Crippen molar-refractivity contribution in [1.82, 2.24) is 0 Å². The van der Waals surface area contributed by atoms with E-state index in [0.29, 0.717) is 16.7 Å². The van der Waals surface area contributed by atoms with Crippen LogP contribution in [0.3, 0.4) is 0 Å². The Hall–Kier alpha value is -1.10. The first-order chi connectivity index (χ1) is 8.24. The van der Waals surface area contributed by atoms with Gasteiger partial charge < -0.3 is 20.4 Å². The summed E-state index contributed by atoms with van der Waals surface area (Å²) < 4.78 is 0. The minimum Gasteiger partial charge on any atom is -0.508 e. The van der Waals surface area contributed by atoms with Gasteiger partial charge in [0.05, 0.1) is 16.8 Å². The number of benzene rings is 1. The van der Waals surface area contributed by atoms with Crippen molar-refractivity contribution in [3.63, 3.8) is 0 Å². The van der Waals surface area contributed by atoms with Gasteiger partial charge in [-0.25, -0.2) is 0 Å². The normalized spacial score (nSPS) is 13.7. The van der Waals surface area contributed by atoms with Crippen LogP contribution in [-0.2, 0) is 16.8 Å². The van der Waals surface area contributed by atoms with Crippen LogP contribution in [0.25, 0.3) is 0 Å². The van der Waals surface area contributed by atoms with Gasteiger partial charge >= 0.3 is 0 Å². The molecule has 0 aliphatic heterocycles. The maximum absolute atomic E-state index is 10.2. The highest BCUT2D eigenvalue weighted by molar-refractivity contribution is 5.48. The van der Waals surface area contributed by atoms with Crippen molar-refractivity contribution in [3.8, 4) is 5.75 Å². The minimum absolute atomic E-state index is 0.0994. The monoisotopic (exact) mass is 268 g/mol. The molecule has 0 amide bonds. The number of rotatable bonds is 3. The van der Waals surface area contributed by atoms with Crippen LogP contribution in [0.15, 0.2) is 12.1 Å². The molecular weight excluding hydrogens is 244 g/mol. The molecule has 1 aromatic rings. The largest absolute Gasteiger partial charge is 0.508 e. The SMILES string of the molecule is CC(C)(O)c1cc(C(C)(C)O)c(C(C)(C)O)cc1O. The topological polar surface area (TPSA) is 80.9 Å². The summed E-state index contributed by atoms with van der Waals surface area (Å²) in [4.78, 5) is 0. The van der Waals surface area contributed by atoms with Crippen LogP contribution in [0, 0.1) is 0 Å². The molecule has 0 atom stereocenters. The molecule has 4 nitrogen and oxygen atoms in total. The summed E-state index contributed by atoms with van der Waals surface area (Å²) in [5.74, 6) is -0.0994. The lowest BCUT2D eigenvalue weighted by molar-refractivity contribution is 0.0496. The predicted octanol–water partition coefficient (Wildman–Crippen LogP) is 2.07. The summed E-state index contributed by atoms with van der Waals surface area (Å²) in [5.41, 5.74) is -2.39. The first kappa shape index (κ1) is 16.0. The van der Waals surface area contributed by atoms with Crippen molar-refractivity contribution in [2.24, 2.45) is 0 Å². The lowest BCUT2D eigenvalue weighted by Crippen LogP contribution is -2.27. The molecule has 0 aliphatic carbocycles. The average molecular weight is 268 g/mol. The molecule has 1 rings (SSSR count). The van der Waals surface area contributed by atoms with Gasteiger partial charge in [-0.15, -0.1) is 0 Å². The highest BCUT2D eigenvalue weighted by Crippen LogP contribution is 2.39. The van der Waals surface area contributed by atoms with Crippen molar-refractivity contribution >= 4 is 0 Å². The summed E-state index contributed by atoms with van der Waals surface area (Å²) in [6.07, 6.45) is 0. The molecule has 0 fully saturated rings. The fourth-order valence-corrected chi connectivity index (χ4v) is 2.09. The Kier molecular flexibility index (Phi) is 3.76. The molecule has 0 bridgehead atoms. The highest BCUT2D eigenvalue weighted by Gasteiger charge is 2.32. The lowest BCUT2D eigenvalue weighted by Gasteiger charge is -2.31. The second-order valence-electron chi connectivity index (χ2n) is 6.59. The molecule has 4 heteroatoms. The van der Waals surface area contributed by atoms with Crippen LogP contribution in [0.5, 0.6) is 5.75 Å². The predicted molar refractivity (Wildman–Crippen MR) is 73.8 cm³/mol. The van der Waals surface area contributed by atoms with E-state index in [1.54, 1.807) is 47.6 Å². The number of hydrogen-bond donors (Lipinski definition) is 4. The molecule has 4 N–H and O–H groups in total. The van der Waals surface area contributed by atoms with E-state index in [1.165, 1.54) is 6.07 Å². The second-order valence-corrected chi connectivity index (χ2v) is 6.59. The Morgan fingerprint density at radius 2 is 0.947 bits per heavy atom. The van der Waals surface area contributed by atoms with Gasteiger partial charge in [0.2, 0.25) is 0 Å². The van der Waals surface area contributed by atoms with Crippen LogP contribution in [0.4, 0.5) is 0 Å². The highest BCUT2D eigenvalue weighted by atomic mass is 16.3. The molecule has 0 radical (unpaired) electrons. The zero-order valence-corrected chi connectivity index (χ0v) is 12.4. The standard InChI is InChI=1S/C15H24O4/c1-13(2,17)9-7-11(15(5,6)19)12(16)8-10(9)14(3,4)18/h7-8,16-19H,1-6H3. The first-order valence-electron chi connectivity index (χ1n) is 6.30. The van der Waals surface area contributed by atoms with Crippen LogP contribution in [0.1, 0.15) is 58.2 Å². The van der Waals surface area contributed by atoms with Crippen molar-refractivity contribution in [3.05, 3.63) is 28.8 Å². The van der Waals surface area contributed by atoms with Gasteiger partial charge in [0.15, 0.2) is 0 Å². The maximum Gasteiger partial charge on any atom is 0.122 e. The number of hydrogen-bond acceptors (Lipinski definition) is 4. The molecule has 108 valence electrons. The molecule has 0 heterocycles. The van der Waals surface area contributed by atoms with E-state index in [-0.39, 0.29) is 5.75 Å². The molecular formula is C15H24O4. The van der Waals surface area contributed by atoms with E-state index in [1.807, 2.05) is 0 Å². The first-order valence-corrected chi connectivity index (χ1v) is 6.30. The van der Waals surface area contributed by atoms with Crippen LogP contribution >= 0.6 is 0 Å². The molecule has 0 aromatic heterocycles. The molecule has 0 aliphatic rings. The number of phenolic OH excluding ortho intramolecular Hbond substituents is 1. The van der Waals surface area contributed by atoms with Gasteiger partial charge in [-0.2, -0.15) is 0 Å². The second kappa shape index (κ2) is 4.47. The van der Waals surface area contributed by atoms with E-state index in [0.717, 1.165) is 0 Å². The van der Waals surface area contributed by atoms with Gasteiger partial charge in [0.25, 0.3) is 0 Å². The average Bonchev–Trinajstić information content (AvgIpc) is 2.11. The van der Waals surface area contributed by atoms with Gasteiger partial charge in [0, 0.05) is 5.56 Å². The Balaban J connectivity index is 3.66. The minimum atomic E-state index is -1.23. The van der Waals surface area contributed by atoms with Crippen molar-refractivity contribution in [2.45, 2.75) is 58.3 Å². The van der Waals surface area contributed by atoms with Crippen molar-refractivity contribution in [1.29, 1.82) is 0 Å². The molecule has 0 saturated carbocycles. The zero-order chi connectivity index (χ0) is 15.2.